The third kappa shape index (κ3) is 2.38. The predicted molar refractivity (Wildman–Crippen MR) is 62.3 cm³/mol. The second-order valence-corrected chi connectivity index (χ2v) is 4.94. The zero-order valence-electron chi connectivity index (χ0n) is 10.1. The molecule has 16 heavy (non-hydrogen) atoms. The Balaban J connectivity index is 2.03. The SMILES string of the molecule is COC(=O)C1(CN2CCCC2)CCCCN1. The summed E-state index contributed by atoms with van der Waals surface area (Å²) in [6.45, 7) is 4.00. The molecule has 2 heterocycles. The third-order valence-corrected chi connectivity index (χ3v) is 3.76. The van der Waals surface area contributed by atoms with Crippen molar-refractivity contribution in [2.45, 2.75) is 37.6 Å². The minimum Gasteiger partial charge on any atom is -0.468 e. The molecule has 2 rings (SSSR count). The second kappa shape index (κ2) is 5.15. The quantitative estimate of drug-likeness (QED) is 0.722. The first kappa shape index (κ1) is 11.9. The van der Waals surface area contributed by atoms with Crippen LogP contribution in [0, 0.1) is 0 Å². The van der Waals surface area contributed by atoms with Crippen LogP contribution in [-0.4, -0.2) is 49.7 Å². The average molecular weight is 226 g/mol. The van der Waals surface area contributed by atoms with Gasteiger partial charge in [-0.15, -0.1) is 0 Å². The van der Waals surface area contributed by atoms with Gasteiger partial charge in [0.1, 0.15) is 5.54 Å². The maximum absolute atomic E-state index is 12.0. The Kier molecular flexibility index (Phi) is 3.82. The number of carbonyl (C=O) groups excluding carboxylic acids is 1. The number of nitrogens with zero attached hydrogens (tertiary/aromatic N) is 1. The van der Waals surface area contributed by atoms with E-state index in [1.807, 2.05) is 0 Å². The standard InChI is InChI=1S/C12H22N2O2/c1-16-11(15)12(6-2-3-7-13-12)10-14-8-4-5-9-14/h13H,2-10H2,1H3. The highest BCUT2D eigenvalue weighted by atomic mass is 16.5. The lowest BCUT2D eigenvalue weighted by Crippen LogP contribution is -2.61. The van der Waals surface area contributed by atoms with Crippen LogP contribution in [0.2, 0.25) is 0 Å². The summed E-state index contributed by atoms with van der Waals surface area (Å²) in [5.74, 6) is -0.0842. The normalized spacial score (nSPS) is 31.6. The Bertz CT molecular complexity index is 243. The fraction of sp³-hybridized carbons (Fsp3) is 0.917. The molecule has 0 aromatic carbocycles. The van der Waals surface area contributed by atoms with Crippen molar-refractivity contribution in [2.75, 3.05) is 33.3 Å². The molecule has 0 spiro atoms. The molecule has 4 nitrogen and oxygen atoms in total. The maximum Gasteiger partial charge on any atom is 0.327 e. The Morgan fingerprint density at radius 3 is 2.62 bits per heavy atom. The lowest BCUT2D eigenvalue weighted by Gasteiger charge is -2.38. The summed E-state index contributed by atoms with van der Waals surface area (Å²) in [5.41, 5.74) is -0.433. The van der Waals surface area contributed by atoms with Crippen molar-refractivity contribution in [1.82, 2.24) is 10.2 Å². The largest absolute Gasteiger partial charge is 0.468 e. The maximum atomic E-state index is 12.0. The Morgan fingerprint density at radius 1 is 1.31 bits per heavy atom. The van der Waals surface area contributed by atoms with Gasteiger partial charge in [0.25, 0.3) is 0 Å². The fourth-order valence-electron chi connectivity index (χ4n) is 2.86. The molecule has 1 unspecified atom stereocenters. The minimum atomic E-state index is -0.433. The van der Waals surface area contributed by atoms with Gasteiger partial charge >= 0.3 is 5.97 Å². The van der Waals surface area contributed by atoms with E-state index in [9.17, 15) is 4.79 Å². The van der Waals surface area contributed by atoms with Crippen LogP contribution in [0.15, 0.2) is 0 Å². The van der Waals surface area contributed by atoms with Crippen molar-refractivity contribution in [3.8, 4) is 0 Å². The molecule has 0 amide bonds. The van der Waals surface area contributed by atoms with Crippen LogP contribution in [0.25, 0.3) is 0 Å². The highest BCUT2D eigenvalue weighted by Crippen LogP contribution is 2.24. The molecule has 4 heteroatoms. The summed E-state index contributed by atoms with van der Waals surface area (Å²) in [7, 11) is 1.49. The molecule has 1 atom stereocenters. The molecule has 0 aromatic heterocycles. The summed E-state index contributed by atoms with van der Waals surface area (Å²) in [6, 6.07) is 0. The van der Waals surface area contributed by atoms with Crippen LogP contribution < -0.4 is 5.32 Å². The summed E-state index contributed by atoms with van der Waals surface area (Å²) in [5, 5.41) is 3.39. The van der Waals surface area contributed by atoms with E-state index in [1.165, 1.54) is 26.4 Å². The van der Waals surface area contributed by atoms with E-state index in [0.717, 1.165) is 39.0 Å². The van der Waals surface area contributed by atoms with Crippen molar-refractivity contribution in [1.29, 1.82) is 0 Å². The molecule has 0 radical (unpaired) electrons. The van der Waals surface area contributed by atoms with E-state index in [0.29, 0.717) is 0 Å². The molecule has 0 aliphatic carbocycles. The smallest absolute Gasteiger partial charge is 0.327 e. The van der Waals surface area contributed by atoms with Crippen molar-refractivity contribution < 1.29 is 9.53 Å². The number of esters is 1. The van der Waals surface area contributed by atoms with Crippen molar-refractivity contribution in [3.63, 3.8) is 0 Å². The summed E-state index contributed by atoms with van der Waals surface area (Å²) < 4.78 is 4.98. The molecule has 2 fully saturated rings. The number of carbonyl (C=O) groups is 1. The number of hydrogen-bond acceptors (Lipinski definition) is 4. The van der Waals surface area contributed by atoms with Gasteiger partial charge in [-0.1, -0.05) is 0 Å². The van der Waals surface area contributed by atoms with Gasteiger partial charge in [-0.05, 0) is 51.7 Å². The summed E-state index contributed by atoms with van der Waals surface area (Å²) in [6.07, 6.45) is 5.72. The Morgan fingerprint density at radius 2 is 2.06 bits per heavy atom. The lowest BCUT2D eigenvalue weighted by atomic mass is 9.88. The van der Waals surface area contributed by atoms with E-state index in [2.05, 4.69) is 10.2 Å². The molecule has 1 N–H and O–H groups in total. The highest BCUT2D eigenvalue weighted by molar-refractivity contribution is 5.81. The van der Waals surface area contributed by atoms with Crippen molar-refractivity contribution in [3.05, 3.63) is 0 Å². The van der Waals surface area contributed by atoms with Gasteiger partial charge in [0.05, 0.1) is 7.11 Å². The average Bonchev–Trinajstić information content (AvgIpc) is 2.82. The number of methoxy groups -OCH3 is 1. The number of likely N-dealkylation sites (tertiary alicyclic amines) is 1. The number of piperidine rings is 1. The number of nitrogens with one attached hydrogen (secondary N) is 1. The molecule has 0 aromatic rings. The van der Waals surface area contributed by atoms with E-state index in [-0.39, 0.29) is 5.97 Å². The molecular weight excluding hydrogens is 204 g/mol. The van der Waals surface area contributed by atoms with Crippen LogP contribution >= 0.6 is 0 Å². The molecule has 2 aliphatic rings. The predicted octanol–water partition coefficient (Wildman–Crippen LogP) is 0.767. The van der Waals surface area contributed by atoms with Crippen LogP contribution in [0.3, 0.4) is 0 Å². The van der Waals surface area contributed by atoms with Crippen molar-refractivity contribution in [2.24, 2.45) is 0 Å². The lowest BCUT2D eigenvalue weighted by molar-refractivity contribution is -0.150. The molecule has 0 saturated carbocycles. The zero-order chi connectivity index (χ0) is 11.4. The van der Waals surface area contributed by atoms with E-state index >= 15 is 0 Å². The number of ether oxygens (including phenoxy) is 1. The topological polar surface area (TPSA) is 41.6 Å². The van der Waals surface area contributed by atoms with Gasteiger partial charge in [-0.25, -0.2) is 0 Å². The molecular formula is C12H22N2O2. The van der Waals surface area contributed by atoms with Gasteiger partial charge in [0.2, 0.25) is 0 Å². The van der Waals surface area contributed by atoms with Crippen LogP contribution in [-0.2, 0) is 9.53 Å². The van der Waals surface area contributed by atoms with E-state index < -0.39 is 5.54 Å². The molecule has 2 aliphatic heterocycles. The molecule has 2 saturated heterocycles. The zero-order valence-corrected chi connectivity index (χ0v) is 10.1. The fourth-order valence-corrected chi connectivity index (χ4v) is 2.86. The summed E-state index contributed by atoms with van der Waals surface area (Å²) >= 11 is 0. The van der Waals surface area contributed by atoms with Gasteiger partial charge < -0.3 is 15.0 Å². The first-order valence-corrected chi connectivity index (χ1v) is 6.33. The highest BCUT2D eigenvalue weighted by Gasteiger charge is 2.42. The van der Waals surface area contributed by atoms with E-state index in [4.69, 9.17) is 4.74 Å². The molecule has 92 valence electrons. The Labute approximate surface area is 97.3 Å². The van der Waals surface area contributed by atoms with Crippen molar-refractivity contribution >= 4 is 5.97 Å². The first-order valence-electron chi connectivity index (χ1n) is 6.33. The van der Waals surface area contributed by atoms with E-state index in [1.54, 1.807) is 0 Å². The number of hydrogen-bond donors (Lipinski definition) is 1. The first-order chi connectivity index (χ1) is 7.77. The van der Waals surface area contributed by atoms with Crippen LogP contribution in [0.1, 0.15) is 32.1 Å². The van der Waals surface area contributed by atoms with Gasteiger partial charge in [0.15, 0.2) is 0 Å². The van der Waals surface area contributed by atoms with Gasteiger partial charge in [-0.2, -0.15) is 0 Å². The summed E-state index contributed by atoms with van der Waals surface area (Å²) in [4.78, 5) is 14.3. The van der Waals surface area contributed by atoms with Crippen LogP contribution in [0.5, 0.6) is 0 Å². The minimum absolute atomic E-state index is 0.0842. The molecule has 0 bridgehead atoms. The monoisotopic (exact) mass is 226 g/mol. The number of rotatable bonds is 3. The third-order valence-electron chi connectivity index (χ3n) is 3.76. The van der Waals surface area contributed by atoms with Gasteiger partial charge in [-0.3, -0.25) is 4.79 Å². The Hall–Kier alpha value is -0.610. The van der Waals surface area contributed by atoms with Crippen LogP contribution in [0.4, 0.5) is 0 Å². The van der Waals surface area contributed by atoms with Gasteiger partial charge in [0, 0.05) is 6.54 Å². The second-order valence-electron chi connectivity index (χ2n) is 4.94.